The highest BCUT2D eigenvalue weighted by molar-refractivity contribution is 7.99. The number of fused-ring (bicyclic) bond motifs is 1. The molecule has 1 aromatic carbocycles. The number of rotatable bonds is 7. The lowest BCUT2D eigenvalue weighted by Crippen LogP contribution is -2.37. The van der Waals surface area contributed by atoms with Crippen LogP contribution < -0.4 is 5.32 Å². The Morgan fingerprint density at radius 1 is 1.17 bits per heavy atom. The number of carbonyl (C=O) groups is 4. The summed E-state index contributed by atoms with van der Waals surface area (Å²) in [6.07, 6.45) is 3.17. The summed E-state index contributed by atoms with van der Waals surface area (Å²) in [5, 5.41) is 11.3. The molecule has 0 bridgehead atoms. The molecule has 1 N–H and O–H groups in total. The van der Waals surface area contributed by atoms with Crippen LogP contribution in [-0.2, 0) is 23.9 Å². The second kappa shape index (κ2) is 9.56. The Labute approximate surface area is 172 Å². The molecule has 8 nitrogen and oxygen atoms in total. The Morgan fingerprint density at radius 2 is 1.83 bits per heavy atom. The predicted octanol–water partition coefficient (Wildman–Crippen LogP) is 1.96. The molecule has 3 rings (SSSR count). The van der Waals surface area contributed by atoms with Gasteiger partial charge in [-0.1, -0.05) is 25.0 Å². The summed E-state index contributed by atoms with van der Waals surface area (Å²) < 4.78 is 4.95. The van der Waals surface area contributed by atoms with E-state index in [-0.39, 0.29) is 29.4 Å². The third-order valence-electron chi connectivity index (χ3n) is 5.04. The molecule has 1 saturated heterocycles. The number of benzene rings is 1. The first-order valence-corrected chi connectivity index (χ1v) is 10.4. The average Bonchev–Trinajstić information content (AvgIpc) is 2.97. The van der Waals surface area contributed by atoms with Crippen molar-refractivity contribution in [2.24, 2.45) is 11.8 Å². The van der Waals surface area contributed by atoms with Gasteiger partial charge in [0.15, 0.2) is 6.61 Å². The molecule has 0 spiro atoms. The molecule has 2 atom stereocenters. The zero-order valence-electron chi connectivity index (χ0n) is 15.8. The minimum atomic E-state index is -0.798. The number of esters is 1. The molecule has 0 aromatic heterocycles. The Kier molecular flexibility index (Phi) is 6.88. The maximum absolute atomic E-state index is 12.4. The largest absolute Gasteiger partial charge is 0.454 e. The second-order valence-corrected chi connectivity index (χ2v) is 7.93. The van der Waals surface area contributed by atoms with Crippen LogP contribution in [0.2, 0.25) is 0 Å². The highest BCUT2D eigenvalue weighted by atomic mass is 32.2. The molecule has 29 heavy (non-hydrogen) atoms. The molecular formula is C20H21N3O5S. The number of hydrogen-bond donors (Lipinski definition) is 1. The Morgan fingerprint density at radius 3 is 2.48 bits per heavy atom. The quantitative estimate of drug-likeness (QED) is 0.411. The van der Waals surface area contributed by atoms with Crippen LogP contribution in [-0.4, -0.2) is 47.5 Å². The number of anilines is 1. The van der Waals surface area contributed by atoms with Crippen LogP contribution >= 0.6 is 11.8 Å². The molecule has 1 saturated carbocycles. The third kappa shape index (κ3) is 4.95. The Hall–Kier alpha value is -2.86. The van der Waals surface area contributed by atoms with Gasteiger partial charge in [-0.2, -0.15) is 5.26 Å². The lowest BCUT2D eigenvalue weighted by molar-refractivity contribution is -0.154. The number of carbonyl (C=O) groups excluding carboxylic acids is 4. The van der Waals surface area contributed by atoms with Crippen LogP contribution in [0.1, 0.15) is 25.7 Å². The van der Waals surface area contributed by atoms with Crippen molar-refractivity contribution in [3.05, 3.63) is 24.3 Å². The molecule has 3 amide bonds. The van der Waals surface area contributed by atoms with Gasteiger partial charge in [0.25, 0.3) is 5.91 Å². The summed E-state index contributed by atoms with van der Waals surface area (Å²) in [4.78, 5) is 50.6. The van der Waals surface area contributed by atoms with Crippen LogP contribution in [0.3, 0.4) is 0 Å². The van der Waals surface area contributed by atoms with Crippen LogP contribution in [0.4, 0.5) is 5.69 Å². The number of likely N-dealkylation sites (tertiary alicyclic amines) is 1. The number of amides is 3. The Balaban J connectivity index is 1.50. The number of hydrogen-bond acceptors (Lipinski definition) is 7. The van der Waals surface area contributed by atoms with Crippen molar-refractivity contribution in [1.29, 1.82) is 5.26 Å². The number of thioether (sulfide) groups is 1. The number of nitrogens with one attached hydrogen (secondary N) is 1. The molecule has 9 heteroatoms. The van der Waals surface area contributed by atoms with E-state index >= 15 is 0 Å². The van der Waals surface area contributed by atoms with Gasteiger partial charge in [-0.3, -0.25) is 24.1 Å². The van der Waals surface area contributed by atoms with Crippen molar-refractivity contribution < 1.29 is 23.9 Å². The van der Waals surface area contributed by atoms with Gasteiger partial charge in [-0.25, -0.2) is 0 Å². The zero-order chi connectivity index (χ0) is 20.8. The maximum atomic E-state index is 12.4. The van der Waals surface area contributed by atoms with Crippen molar-refractivity contribution in [3.63, 3.8) is 0 Å². The summed E-state index contributed by atoms with van der Waals surface area (Å²) >= 11 is 1.28. The van der Waals surface area contributed by atoms with Gasteiger partial charge in [-0.05, 0) is 25.0 Å². The minimum Gasteiger partial charge on any atom is -0.454 e. The van der Waals surface area contributed by atoms with Crippen molar-refractivity contribution in [1.82, 2.24) is 4.90 Å². The van der Waals surface area contributed by atoms with Crippen molar-refractivity contribution in [3.8, 4) is 6.07 Å². The number of para-hydroxylation sites is 1. The zero-order valence-corrected chi connectivity index (χ0v) is 16.6. The predicted molar refractivity (Wildman–Crippen MR) is 105 cm³/mol. The molecule has 152 valence electrons. The maximum Gasteiger partial charge on any atom is 0.326 e. The van der Waals surface area contributed by atoms with E-state index in [1.54, 1.807) is 24.3 Å². The smallest absolute Gasteiger partial charge is 0.326 e. The summed E-state index contributed by atoms with van der Waals surface area (Å²) in [6, 6.07) is 9.00. The molecule has 2 fully saturated rings. The van der Waals surface area contributed by atoms with E-state index in [2.05, 4.69) is 5.32 Å². The molecule has 0 radical (unpaired) electrons. The minimum absolute atomic E-state index is 0.238. The van der Waals surface area contributed by atoms with E-state index in [4.69, 9.17) is 10.00 Å². The Bertz CT molecular complexity index is 842. The molecular weight excluding hydrogens is 394 g/mol. The highest BCUT2D eigenvalue weighted by Gasteiger charge is 2.48. The third-order valence-corrected chi connectivity index (χ3v) is 5.98. The van der Waals surface area contributed by atoms with Crippen LogP contribution in [0.5, 0.6) is 0 Å². The van der Waals surface area contributed by atoms with E-state index in [1.165, 1.54) is 11.8 Å². The first-order valence-electron chi connectivity index (χ1n) is 9.40. The van der Waals surface area contributed by atoms with Gasteiger partial charge in [-0.15, -0.1) is 11.8 Å². The first kappa shape index (κ1) is 20.9. The first-order chi connectivity index (χ1) is 14.0. The molecule has 1 heterocycles. The summed E-state index contributed by atoms with van der Waals surface area (Å²) in [7, 11) is 0. The molecule has 1 aliphatic carbocycles. The van der Waals surface area contributed by atoms with Gasteiger partial charge < -0.3 is 10.1 Å². The molecule has 0 unspecified atom stereocenters. The van der Waals surface area contributed by atoms with Gasteiger partial charge in [0.1, 0.15) is 6.54 Å². The fourth-order valence-electron chi connectivity index (χ4n) is 3.70. The molecule has 2 aliphatic rings. The standard InChI is InChI=1S/C20H21N3O5S/c21-9-10-29-16-8-4-3-7-15(16)22-17(24)12-28-18(25)11-23-19(26)13-5-1-2-6-14(13)20(23)27/h3-4,7-8,13-14H,1-2,5-6,10-12H2,(H,22,24)/t13-,14+. The number of imide groups is 1. The summed E-state index contributed by atoms with van der Waals surface area (Å²) in [6.45, 7) is -0.994. The number of nitriles is 1. The molecule has 1 aromatic rings. The topological polar surface area (TPSA) is 117 Å². The van der Waals surface area contributed by atoms with Crippen molar-refractivity contribution >= 4 is 41.1 Å². The van der Waals surface area contributed by atoms with Crippen molar-refractivity contribution in [2.75, 3.05) is 24.2 Å². The highest BCUT2D eigenvalue weighted by Crippen LogP contribution is 2.37. The van der Waals surface area contributed by atoms with E-state index in [1.807, 2.05) is 6.07 Å². The number of nitrogens with zero attached hydrogens (tertiary/aromatic N) is 2. The SMILES string of the molecule is N#CCSc1ccccc1NC(=O)COC(=O)CN1C(=O)[C@H]2CCCC[C@H]2C1=O. The van der Waals surface area contributed by atoms with Crippen LogP contribution in [0, 0.1) is 23.2 Å². The van der Waals surface area contributed by atoms with Gasteiger partial charge in [0.2, 0.25) is 11.8 Å². The normalized spacial score (nSPS) is 20.7. The van der Waals surface area contributed by atoms with Gasteiger partial charge in [0.05, 0.1) is 29.3 Å². The monoisotopic (exact) mass is 415 g/mol. The van der Waals surface area contributed by atoms with Crippen LogP contribution in [0.15, 0.2) is 29.2 Å². The fourth-order valence-corrected chi connectivity index (χ4v) is 4.37. The fraction of sp³-hybridized carbons (Fsp3) is 0.450. The van der Waals surface area contributed by atoms with E-state index < -0.39 is 25.0 Å². The van der Waals surface area contributed by atoms with Crippen molar-refractivity contribution in [2.45, 2.75) is 30.6 Å². The lowest BCUT2D eigenvalue weighted by atomic mass is 9.81. The van der Waals surface area contributed by atoms with Crippen LogP contribution in [0.25, 0.3) is 0 Å². The van der Waals surface area contributed by atoms with E-state index in [0.717, 1.165) is 22.6 Å². The average molecular weight is 415 g/mol. The summed E-state index contributed by atoms with van der Waals surface area (Å²) in [5.41, 5.74) is 0.516. The van der Waals surface area contributed by atoms with Gasteiger partial charge in [0, 0.05) is 4.90 Å². The van der Waals surface area contributed by atoms with E-state index in [9.17, 15) is 19.2 Å². The molecule has 1 aliphatic heterocycles. The second-order valence-electron chi connectivity index (χ2n) is 6.91. The summed E-state index contributed by atoms with van der Waals surface area (Å²) in [5.74, 6) is -2.38. The van der Waals surface area contributed by atoms with Gasteiger partial charge >= 0.3 is 5.97 Å². The lowest BCUT2D eigenvalue weighted by Gasteiger charge is -2.19. The number of ether oxygens (including phenoxy) is 1. The van der Waals surface area contributed by atoms with E-state index in [0.29, 0.717) is 18.5 Å².